The molecule has 1 N–H and O–H groups in total. The van der Waals surface area contributed by atoms with Crippen molar-refractivity contribution < 1.29 is 14.3 Å². The maximum atomic E-state index is 13.0. The lowest BCUT2D eigenvalue weighted by Gasteiger charge is -2.25. The van der Waals surface area contributed by atoms with E-state index in [-0.39, 0.29) is 23.8 Å². The van der Waals surface area contributed by atoms with Gasteiger partial charge in [0.1, 0.15) is 0 Å². The molecule has 0 saturated carbocycles. The Kier molecular flexibility index (Phi) is 7.04. The van der Waals surface area contributed by atoms with Crippen LogP contribution in [0.3, 0.4) is 0 Å². The fraction of sp³-hybridized carbons (Fsp3) is 0.556. The van der Waals surface area contributed by atoms with E-state index < -0.39 is 0 Å². The summed E-state index contributed by atoms with van der Waals surface area (Å²) in [5, 5.41) is 3.30. The van der Waals surface area contributed by atoms with Gasteiger partial charge in [-0.2, -0.15) is 0 Å². The molecule has 0 aliphatic carbocycles. The van der Waals surface area contributed by atoms with Gasteiger partial charge in [0.15, 0.2) is 0 Å². The lowest BCUT2D eigenvalue weighted by atomic mass is 10.0. The predicted molar refractivity (Wildman–Crippen MR) is 134 cm³/mol. The van der Waals surface area contributed by atoms with Crippen molar-refractivity contribution in [2.75, 3.05) is 45.9 Å². The molecule has 34 heavy (non-hydrogen) atoms. The van der Waals surface area contributed by atoms with E-state index in [0.29, 0.717) is 25.0 Å². The number of carbonyl (C=O) groups excluding carboxylic acids is 2. The third kappa shape index (κ3) is 5.07. The van der Waals surface area contributed by atoms with Crippen LogP contribution in [0.5, 0.6) is 0 Å². The zero-order chi connectivity index (χ0) is 23.7. The normalized spacial score (nSPS) is 25.5. The van der Waals surface area contributed by atoms with Crippen LogP contribution in [0.25, 0.3) is 0 Å². The van der Waals surface area contributed by atoms with Crippen LogP contribution in [-0.4, -0.2) is 67.6 Å². The van der Waals surface area contributed by atoms with Crippen molar-refractivity contribution in [1.29, 1.82) is 0 Å². The molecule has 3 fully saturated rings. The highest BCUT2D eigenvalue weighted by Crippen LogP contribution is 2.34. The number of likely N-dealkylation sites (tertiary alicyclic amines) is 2. The molecule has 3 aliphatic heterocycles. The highest BCUT2D eigenvalue weighted by molar-refractivity contribution is 7.12. The fourth-order valence-electron chi connectivity index (χ4n) is 5.80. The molecule has 0 bridgehead atoms. The quantitative estimate of drug-likeness (QED) is 0.656. The number of hydrogen-bond acceptors (Lipinski definition) is 5. The highest BCUT2D eigenvalue weighted by atomic mass is 32.1. The molecule has 2 aromatic rings. The Balaban J connectivity index is 1.16. The molecule has 3 aliphatic rings. The summed E-state index contributed by atoms with van der Waals surface area (Å²) < 4.78 is 5.41. The molecule has 3 saturated heterocycles. The highest BCUT2D eigenvalue weighted by Gasteiger charge is 2.42. The summed E-state index contributed by atoms with van der Waals surface area (Å²) in [6.07, 6.45) is 1.70. The van der Waals surface area contributed by atoms with E-state index >= 15 is 0 Å². The molecule has 7 heteroatoms. The number of fused-ring (bicyclic) bond motifs is 1. The SMILES string of the molecule is Cc1cc(C(=O)N2CC3CN(CC[C@H](NC(=O)C4CCOC4)c4ccccc4)CC3C2)c(C)s1. The Morgan fingerprint density at radius 1 is 1.12 bits per heavy atom. The van der Waals surface area contributed by atoms with Crippen LogP contribution in [0.2, 0.25) is 0 Å². The molecule has 6 nitrogen and oxygen atoms in total. The lowest BCUT2D eigenvalue weighted by molar-refractivity contribution is -0.125. The van der Waals surface area contributed by atoms with Crippen molar-refractivity contribution in [2.24, 2.45) is 17.8 Å². The molecule has 1 aromatic heterocycles. The van der Waals surface area contributed by atoms with Crippen LogP contribution in [0.1, 0.15) is 44.6 Å². The molecule has 0 spiro atoms. The van der Waals surface area contributed by atoms with E-state index in [1.807, 2.05) is 31.2 Å². The molecule has 4 atom stereocenters. The monoisotopic (exact) mass is 481 g/mol. The van der Waals surface area contributed by atoms with Crippen molar-refractivity contribution >= 4 is 23.2 Å². The number of thiophene rings is 1. The van der Waals surface area contributed by atoms with E-state index in [2.05, 4.69) is 34.2 Å². The summed E-state index contributed by atoms with van der Waals surface area (Å²) in [4.78, 5) is 32.8. The molecule has 5 rings (SSSR count). The largest absolute Gasteiger partial charge is 0.381 e. The molecule has 3 unspecified atom stereocenters. The second-order valence-corrected chi connectivity index (χ2v) is 11.6. The summed E-state index contributed by atoms with van der Waals surface area (Å²) in [6, 6.07) is 12.3. The molecular formula is C27H35N3O3S. The number of benzene rings is 1. The number of nitrogens with zero attached hydrogens (tertiary/aromatic N) is 2. The van der Waals surface area contributed by atoms with Crippen molar-refractivity contribution in [1.82, 2.24) is 15.1 Å². The van der Waals surface area contributed by atoms with Gasteiger partial charge in [0.2, 0.25) is 5.91 Å². The van der Waals surface area contributed by atoms with Crippen LogP contribution in [-0.2, 0) is 9.53 Å². The number of nitrogens with one attached hydrogen (secondary N) is 1. The minimum atomic E-state index is -0.0310. The first-order valence-electron chi connectivity index (χ1n) is 12.5. The van der Waals surface area contributed by atoms with Crippen LogP contribution in [0.4, 0.5) is 0 Å². The van der Waals surface area contributed by atoms with E-state index in [1.54, 1.807) is 11.3 Å². The second-order valence-electron chi connectivity index (χ2n) is 10.1. The van der Waals surface area contributed by atoms with Gasteiger partial charge in [0.05, 0.1) is 24.1 Å². The Labute approximate surface area is 206 Å². The Bertz CT molecular complexity index is 1000. The number of ether oxygens (including phenoxy) is 1. The van der Waals surface area contributed by atoms with E-state index in [4.69, 9.17) is 4.74 Å². The van der Waals surface area contributed by atoms with Gasteiger partial charge in [0, 0.05) is 49.1 Å². The Morgan fingerprint density at radius 3 is 2.47 bits per heavy atom. The predicted octanol–water partition coefficient (Wildman–Crippen LogP) is 3.65. The lowest BCUT2D eigenvalue weighted by Crippen LogP contribution is -2.37. The minimum Gasteiger partial charge on any atom is -0.381 e. The third-order valence-electron chi connectivity index (χ3n) is 7.67. The molecule has 1 aromatic carbocycles. The van der Waals surface area contributed by atoms with E-state index in [0.717, 1.165) is 61.6 Å². The van der Waals surface area contributed by atoms with Gasteiger partial charge in [-0.05, 0) is 50.2 Å². The van der Waals surface area contributed by atoms with Crippen LogP contribution in [0, 0.1) is 31.6 Å². The van der Waals surface area contributed by atoms with Crippen molar-refractivity contribution in [3.8, 4) is 0 Å². The van der Waals surface area contributed by atoms with Crippen molar-refractivity contribution in [3.05, 3.63) is 57.3 Å². The van der Waals surface area contributed by atoms with Gasteiger partial charge in [-0.3, -0.25) is 9.59 Å². The zero-order valence-electron chi connectivity index (χ0n) is 20.2. The first-order valence-corrected chi connectivity index (χ1v) is 13.3. The molecule has 0 radical (unpaired) electrons. The standard InChI is InChI=1S/C27H35N3O3S/c1-18-12-24(19(2)34-18)27(32)30-15-22-13-29(14-23(22)16-30)10-8-25(20-6-4-3-5-7-20)28-26(31)21-9-11-33-17-21/h3-7,12,21-23,25H,8-11,13-17H2,1-2H3,(H,28,31)/t21?,22?,23?,25-/m0/s1. The number of rotatable bonds is 7. The topological polar surface area (TPSA) is 61.9 Å². The third-order valence-corrected chi connectivity index (χ3v) is 8.64. The summed E-state index contributed by atoms with van der Waals surface area (Å²) >= 11 is 1.70. The Hall–Kier alpha value is -2.22. The van der Waals surface area contributed by atoms with Crippen LogP contribution in [0.15, 0.2) is 36.4 Å². The van der Waals surface area contributed by atoms with E-state index in [9.17, 15) is 9.59 Å². The van der Waals surface area contributed by atoms with Gasteiger partial charge in [0.25, 0.3) is 5.91 Å². The van der Waals surface area contributed by atoms with E-state index in [1.165, 1.54) is 4.88 Å². The van der Waals surface area contributed by atoms with Crippen molar-refractivity contribution in [3.63, 3.8) is 0 Å². The maximum absolute atomic E-state index is 13.0. The van der Waals surface area contributed by atoms with Gasteiger partial charge in [-0.1, -0.05) is 30.3 Å². The number of carbonyl (C=O) groups is 2. The molecular weight excluding hydrogens is 446 g/mol. The second kappa shape index (κ2) is 10.2. The average Bonchev–Trinajstić information content (AvgIpc) is 3.61. The first-order chi connectivity index (χ1) is 16.5. The molecule has 182 valence electrons. The molecule has 2 amide bonds. The Morgan fingerprint density at radius 2 is 1.85 bits per heavy atom. The van der Waals surface area contributed by atoms with Gasteiger partial charge >= 0.3 is 0 Å². The van der Waals surface area contributed by atoms with Gasteiger partial charge in [-0.25, -0.2) is 0 Å². The number of aryl methyl sites for hydroxylation is 2. The average molecular weight is 482 g/mol. The number of amides is 2. The summed E-state index contributed by atoms with van der Waals surface area (Å²) in [7, 11) is 0. The van der Waals surface area contributed by atoms with Crippen molar-refractivity contribution in [2.45, 2.75) is 32.7 Å². The smallest absolute Gasteiger partial charge is 0.254 e. The number of hydrogen-bond donors (Lipinski definition) is 1. The summed E-state index contributed by atoms with van der Waals surface area (Å²) in [5.41, 5.74) is 2.04. The minimum absolute atomic E-state index is 0.0117. The zero-order valence-corrected chi connectivity index (χ0v) is 21.0. The van der Waals surface area contributed by atoms with Crippen LogP contribution < -0.4 is 5.32 Å². The van der Waals surface area contributed by atoms with Gasteiger partial charge < -0.3 is 19.9 Å². The maximum Gasteiger partial charge on any atom is 0.254 e. The molecule has 4 heterocycles. The summed E-state index contributed by atoms with van der Waals surface area (Å²) in [5.74, 6) is 1.37. The van der Waals surface area contributed by atoms with Crippen LogP contribution >= 0.6 is 11.3 Å². The van der Waals surface area contributed by atoms with Gasteiger partial charge in [-0.15, -0.1) is 11.3 Å². The summed E-state index contributed by atoms with van der Waals surface area (Å²) in [6.45, 7) is 10.0. The fourth-order valence-corrected chi connectivity index (χ4v) is 6.72. The first kappa shape index (κ1) is 23.5.